The first-order valence-corrected chi connectivity index (χ1v) is 6.54. The molecule has 1 heterocycles. The fourth-order valence-electron chi connectivity index (χ4n) is 2.26. The summed E-state index contributed by atoms with van der Waals surface area (Å²) in [6.45, 7) is 3.97. The number of hydrogen-bond acceptors (Lipinski definition) is 4. The maximum Gasteiger partial charge on any atom is 0.269 e. The summed E-state index contributed by atoms with van der Waals surface area (Å²) in [7, 11) is 0. The van der Waals surface area contributed by atoms with Crippen molar-refractivity contribution in [3.05, 3.63) is 63.8 Å². The SMILES string of the molecule is Cc1ccc2nc(-c3ccc([N+](=O)[O-])cc3)nc(C)c2c1. The average molecular weight is 279 g/mol. The molecule has 0 aliphatic rings. The third-order valence-electron chi connectivity index (χ3n) is 3.38. The van der Waals surface area contributed by atoms with Crippen molar-refractivity contribution in [1.82, 2.24) is 9.97 Å². The molecule has 0 fully saturated rings. The minimum Gasteiger partial charge on any atom is -0.258 e. The molecule has 2 aromatic carbocycles. The van der Waals surface area contributed by atoms with E-state index >= 15 is 0 Å². The molecule has 3 rings (SSSR count). The zero-order valence-electron chi connectivity index (χ0n) is 11.7. The van der Waals surface area contributed by atoms with Gasteiger partial charge in [0.1, 0.15) is 0 Å². The number of nitro benzene ring substituents is 1. The van der Waals surface area contributed by atoms with Gasteiger partial charge in [0.15, 0.2) is 5.82 Å². The molecule has 0 saturated heterocycles. The zero-order chi connectivity index (χ0) is 15.0. The van der Waals surface area contributed by atoms with Crippen molar-refractivity contribution < 1.29 is 4.92 Å². The largest absolute Gasteiger partial charge is 0.269 e. The highest BCUT2D eigenvalue weighted by molar-refractivity contribution is 5.83. The van der Waals surface area contributed by atoms with Crippen molar-refractivity contribution in [2.75, 3.05) is 0 Å². The van der Waals surface area contributed by atoms with Gasteiger partial charge in [-0.2, -0.15) is 0 Å². The molecule has 5 nitrogen and oxygen atoms in total. The highest BCUT2D eigenvalue weighted by atomic mass is 16.6. The van der Waals surface area contributed by atoms with Gasteiger partial charge in [-0.1, -0.05) is 11.6 Å². The van der Waals surface area contributed by atoms with Gasteiger partial charge in [0, 0.05) is 28.8 Å². The molecule has 21 heavy (non-hydrogen) atoms. The van der Waals surface area contributed by atoms with Gasteiger partial charge in [0.05, 0.1) is 10.4 Å². The Morgan fingerprint density at radius 1 is 1.00 bits per heavy atom. The number of benzene rings is 2. The van der Waals surface area contributed by atoms with Crippen molar-refractivity contribution in [1.29, 1.82) is 0 Å². The van der Waals surface area contributed by atoms with Gasteiger partial charge in [0.25, 0.3) is 5.69 Å². The fraction of sp³-hybridized carbons (Fsp3) is 0.125. The van der Waals surface area contributed by atoms with Crippen molar-refractivity contribution >= 4 is 16.6 Å². The standard InChI is InChI=1S/C16H13N3O2/c1-10-3-8-15-14(9-10)11(2)17-16(18-15)12-4-6-13(7-5-12)19(20)21/h3-9H,1-2H3. The lowest BCUT2D eigenvalue weighted by atomic mass is 10.1. The Bertz CT molecular complexity index is 842. The smallest absolute Gasteiger partial charge is 0.258 e. The average Bonchev–Trinajstić information content (AvgIpc) is 2.48. The van der Waals surface area contributed by atoms with Crippen molar-refractivity contribution in [3.8, 4) is 11.4 Å². The van der Waals surface area contributed by atoms with Crippen LogP contribution in [-0.4, -0.2) is 14.9 Å². The predicted molar refractivity (Wildman–Crippen MR) is 81.1 cm³/mol. The molecule has 0 amide bonds. The zero-order valence-corrected chi connectivity index (χ0v) is 11.7. The number of nitrogens with zero attached hydrogens (tertiary/aromatic N) is 3. The van der Waals surface area contributed by atoms with Crippen LogP contribution in [0.1, 0.15) is 11.3 Å². The van der Waals surface area contributed by atoms with Crippen molar-refractivity contribution in [2.45, 2.75) is 13.8 Å². The molecule has 0 saturated carbocycles. The topological polar surface area (TPSA) is 68.9 Å². The van der Waals surface area contributed by atoms with E-state index in [-0.39, 0.29) is 5.69 Å². The van der Waals surface area contributed by atoms with Gasteiger partial charge in [-0.15, -0.1) is 0 Å². The van der Waals surface area contributed by atoms with Crippen LogP contribution in [0.15, 0.2) is 42.5 Å². The highest BCUT2D eigenvalue weighted by Crippen LogP contribution is 2.23. The van der Waals surface area contributed by atoms with Gasteiger partial charge in [-0.3, -0.25) is 10.1 Å². The molecule has 0 radical (unpaired) electrons. The molecule has 1 aromatic heterocycles. The van der Waals surface area contributed by atoms with Gasteiger partial charge >= 0.3 is 0 Å². The summed E-state index contributed by atoms with van der Waals surface area (Å²) >= 11 is 0. The molecular formula is C16H13N3O2. The van der Waals surface area contributed by atoms with E-state index in [0.717, 1.165) is 27.7 Å². The van der Waals surface area contributed by atoms with E-state index in [1.165, 1.54) is 12.1 Å². The molecule has 5 heteroatoms. The van der Waals surface area contributed by atoms with Crippen molar-refractivity contribution in [2.24, 2.45) is 0 Å². The summed E-state index contributed by atoms with van der Waals surface area (Å²) in [5.74, 6) is 0.582. The summed E-state index contributed by atoms with van der Waals surface area (Å²) in [4.78, 5) is 19.3. The first-order valence-electron chi connectivity index (χ1n) is 6.54. The second-order valence-electron chi connectivity index (χ2n) is 4.96. The summed E-state index contributed by atoms with van der Waals surface area (Å²) in [6.07, 6.45) is 0. The normalized spacial score (nSPS) is 10.8. The molecule has 0 aliphatic heterocycles. The number of aryl methyl sites for hydroxylation is 2. The van der Waals surface area contributed by atoms with Gasteiger partial charge in [0.2, 0.25) is 0 Å². The molecule has 104 valence electrons. The van der Waals surface area contributed by atoms with Crippen LogP contribution in [0.25, 0.3) is 22.3 Å². The van der Waals surface area contributed by atoms with E-state index in [9.17, 15) is 10.1 Å². The van der Waals surface area contributed by atoms with Crippen LogP contribution < -0.4 is 0 Å². The highest BCUT2D eigenvalue weighted by Gasteiger charge is 2.09. The minimum atomic E-state index is -0.418. The number of aromatic nitrogens is 2. The molecule has 0 atom stereocenters. The van der Waals surface area contributed by atoms with E-state index in [0.29, 0.717) is 5.82 Å². The second kappa shape index (κ2) is 4.94. The number of rotatable bonds is 2. The quantitative estimate of drug-likeness (QED) is 0.528. The molecule has 0 spiro atoms. The molecule has 0 bridgehead atoms. The van der Waals surface area contributed by atoms with Crippen LogP contribution >= 0.6 is 0 Å². The van der Waals surface area contributed by atoms with Gasteiger partial charge < -0.3 is 0 Å². The molecule has 0 unspecified atom stereocenters. The molecular weight excluding hydrogens is 266 g/mol. The van der Waals surface area contributed by atoms with E-state index in [1.54, 1.807) is 12.1 Å². The van der Waals surface area contributed by atoms with Crippen LogP contribution in [0, 0.1) is 24.0 Å². The first-order chi connectivity index (χ1) is 10.0. The number of nitro groups is 1. The lowest BCUT2D eigenvalue weighted by Gasteiger charge is -2.06. The van der Waals surface area contributed by atoms with Crippen LogP contribution in [0.4, 0.5) is 5.69 Å². The Kier molecular flexibility index (Phi) is 3.10. The minimum absolute atomic E-state index is 0.0619. The second-order valence-corrected chi connectivity index (χ2v) is 4.96. The third-order valence-corrected chi connectivity index (χ3v) is 3.38. The number of non-ortho nitro benzene ring substituents is 1. The Morgan fingerprint density at radius 2 is 1.71 bits per heavy atom. The maximum absolute atomic E-state index is 10.7. The van der Waals surface area contributed by atoms with Crippen LogP contribution in [0.2, 0.25) is 0 Å². The maximum atomic E-state index is 10.7. The van der Waals surface area contributed by atoms with Gasteiger partial charge in [-0.25, -0.2) is 9.97 Å². The van der Waals surface area contributed by atoms with E-state index in [4.69, 9.17) is 0 Å². The fourth-order valence-corrected chi connectivity index (χ4v) is 2.26. The summed E-state index contributed by atoms with van der Waals surface area (Å²) in [5.41, 5.74) is 3.77. The molecule has 0 aliphatic carbocycles. The number of fused-ring (bicyclic) bond motifs is 1. The van der Waals surface area contributed by atoms with E-state index in [2.05, 4.69) is 16.0 Å². The third kappa shape index (κ3) is 2.45. The summed E-state index contributed by atoms with van der Waals surface area (Å²) in [6, 6.07) is 12.3. The van der Waals surface area contributed by atoms with Gasteiger partial charge in [-0.05, 0) is 38.1 Å². The monoisotopic (exact) mass is 279 g/mol. The van der Waals surface area contributed by atoms with Crippen molar-refractivity contribution in [3.63, 3.8) is 0 Å². The van der Waals surface area contributed by atoms with Crippen LogP contribution in [0.5, 0.6) is 0 Å². The molecule has 0 N–H and O–H groups in total. The number of hydrogen-bond donors (Lipinski definition) is 0. The van der Waals surface area contributed by atoms with E-state index in [1.807, 2.05) is 26.0 Å². The lowest BCUT2D eigenvalue weighted by Crippen LogP contribution is -1.95. The van der Waals surface area contributed by atoms with E-state index < -0.39 is 4.92 Å². The summed E-state index contributed by atoms with van der Waals surface area (Å²) < 4.78 is 0. The Hall–Kier alpha value is -2.82. The Balaban J connectivity index is 2.12. The predicted octanol–water partition coefficient (Wildman–Crippen LogP) is 3.82. The first kappa shape index (κ1) is 13.2. The molecule has 3 aromatic rings. The summed E-state index contributed by atoms with van der Waals surface area (Å²) in [5, 5.41) is 11.7. The van der Waals surface area contributed by atoms with Crippen LogP contribution in [0.3, 0.4) is 0 Å². The van der Waals surface area contributed by atoms with Crippen LogP contribution in [-0.2, 0) is 0 Å². The lowest BCUT2D eigenvalue weighted by molar-refractivity contribution is -0.384. The Labute approximate surface area is 121 Å². The Morgan fingerprint density at radius 3 is 2.38 bits per heavy atom.